The van der Waals surface area contributed by atoms with Gasteiger partial charge in [-0.2, -0.15) is 0 Å². The molecule has 0 heterocycles. The van der Waals surface area contributed by atoms with Crippen LogP contribution < -0.4 is 5.73 Å². The third kappa shape index (κ3) is 4.18. The fourth-order valence-corrected chi connectivity index (χ4v) is 1.59. The molecule has 1 atom stereocenters. The Morgan fingerprint density at radius 3 is 2.25 bits per heavy atom. The van der Waals surface area contributed by atoms with Crippen LogP contribution in [0, 0.1) is 0 Å². The molecule has 0 aliphatic rings. The summed E-state index contributed by atoms with van der Waals surface area (Å²) in [6.45, 7) is 6.85. The number of nitrogens with zero attached hydrogens (tertiary/aromatic N) is 1. The molecular weight excluding hydrogens is 208 g/mol. The molecule has 0 aliphatic carbocycles. The largest absolute Gasteiger partial charge is 0.480 e. The standard InChI is InChI=1S/C11H22N2O3/c1-5-6-11(4,12)10(16)13(8(2)3)7-9(14)15/h8H,5-7,12H2,1-4H3,(H,14,15). The predicted octanol–water partition coefficient (Wildman–Crippen LogP) is 0.826. The van der Waals surface area contributed by atoms with Crippen LogP contribution in [0.4, 0.5) is 0 Å². The number of carboxylic acids is 1. The number of carbonyl (C=O) groups excluding carboxylic acids is 1. The Morgan fingerprint density at radius 2 is 1.94 bits per heavy atom. The van der Waals surface area contributed by atoms with Crippen molar-refractivity contribution in [1.82, 2.24) is 4.90 Å². The molecule has 0 aromatic carbocycles. The minimum atomic E-state index is -1.02. The van der Waals surface area contributed by atoms with Gasteiger partial charge in [-0.05, 0) is 27.2 Å². The molecule has 0 rings (SSSR count). The van der Waals surface area contributed by atoms with Crippen molar-refractivity contribution in [2.75, 3.05) is 6.54 Å². The predicted molar refractivity (Wildman–Crippen MR) is 62.0 cm³/mol. The quantitative estimate of drug-likeness (QED) is 0.707. The fourth-order valence-electron chi connectivity index (χ4n) is 1.59. The summed E-state index contributed by atoms with van der Waals surface area (Å²) in [7, 11) is 0. The molecule has 0 fully saturated rings. The van der Waals surface area contributed by atoms with Crippen molar-refractivity contribution in [3.63, 3.8) is 0 Å². The van der Waals surface area contributed by atoms with E-state index >= 15 is 0 Å². The molecule has 3 N–H and O–H groups in total. The minimum absolute atomic E-state index is 0.164. The van der Waals surface area contributed by atoms with E-state index in [9.17, 15) is 9.59 Å². The first kappa shape index (κ1) is 14.9. The van der Waals surface area contributed by atoms with Gasteiger partial charge in [0, 0.05) is 6.04 Å². The zero-order chi connectivity index (χ0) is 12.9. The highest BCUT2D eigenvalue weighted by Gasteiger charge is 2.33. The second kappa shape index (κ2) is 5.84. The molecule has 0 aromatic heterocycles. The van der Waals surface area contributed by atoms with Crippen molar-refractivity contribution in [2.24, 2.45) is 5.73 Å². The van der Waals surface area contributed by atoms with Crippen LogP contribution in [0.3, 0.4) is 0 Å². The van der Waals surface area contributed by atoms with Crippen LogP contribution in [0.2, 0.25) is 0 Å². The highest BCUT2D eigenvalue weighted by Crippen LogP contribution is 2.14. The molecule has 1 unspecified atom stereocenters. The van der Waals surface area contributed by atoms with Gasteiger partial charge in [0.2, 0.25) is 5.91 Å². The van der Waals surface area contributed by atoms with E-state index in [1.54, 1.807) is 20.8 Å². The molecule has 1 amide bonds. The highest BCUT2D eigenvalue weighted by atomic mass is 16.4. The third-order valence-corrected chi connectivity index (χ3v) is 2.45. The molecule has 0 radical (unpaired) electrons. The van der Waals surface area contributed by atoms with E-state index in [2.05, 4.69) is 0 Å². The molecule has 5 heteroatoms. The summed E-state index contributed by atoms with van der Waals surface area (Å²) in [4.78, 5) is 24.0. The first-order valence-corrected chi connectivity index (χ1v) is 5.54. The molecule has 5 nitrogen and oxygen atoms in total. The van der Waals surface area contributed by atoms with E-state index in [1.165, 1.54) is 4.90 Å². The molecule has 0 aromatic rings. The maximum atomic E-state index is 12.1. The molecule has 94 valence electrons. The van der Waals surface area contributed by atoms with E-state index in [0.29, 0.717) is 6.42 Å². The summed E-state index contributed by atoms with van der Waals surface area (Å²) in [5.74, 6) is -1.32. The van der Waals surface area contributed by atoms with Gasteiger partial charge in [-0.3, -0.25) is 9.59 Å². The van der Waals surface area contributed by atoms with E-state index in [1.807, 2.05) is 6.92 Å². The second-order valence-corrected chi connectivity index (χ2v) is 4.59. The van der Waals surface area contributed by atoms with Gasteiger partial charge in [0.1, 0.15) is 6.54 Å². The van der Waals surface area contributed by atoms with Gasteiger partial charge in [-0.15, -0.1) is 0 Å². The number of rotatable bonds is 6. The zero-order valence-corrected chi connectivity index (χ0v) is 10.5. The van der Waals surface area contributed by atoms with Crippen LogP contribution in [-0.2, 0) is 9.59 Å². The topological polar surface area (TPSA) is 83.6 Å². The Labute approximate surface area is 96.6 Å². The van der Waals surface area contributed by atoms with Gasteiger partial charge >= 0.3 is 5.97 Å². The molecule has 0 saturated carbocycles. The molecule has 16 heavy (non-hydrogen) atoms. The highest BCUT2D eigenvalue weighted by molar-refractivity contribution is 5.88. The van der Waals surface area contributed by atoms with Gasteiger partial charge in [0.15, 0.2) is 0 Å². The summed E-state index contributed by atoms with van der Waals surface area (Å²) in [5, 5.41) is 8.74. The molecular formula is C11H22N2O3. The second-order valence-electron chi connectivity index (χ2n) is 4.59. The van der Waals surface area contributed by atoms with E-state index < -0.39 is 11.5 Å². The van der Waals surface area contributed by atoms with Crippen molar-refractivity contribution in [1.29, 1.82) is 0 Å². The maximum absolute atomic E-state index is 12.1. The number of aliphatic carboxylic acids is 1. The Balaban J connectivity index is 4.80. The van der Waals surface area contributed by atoms with Crippen LogP contribution in [-0.4, -0.2) is 40.0 Å². The summed E-state index contributed by atoms with van der Waals surface area (Å²) >= 11 is 0. The van der Waals surface area contributed by atoms with Gasteiger partial charge in [-0.25, -0.2) is 0 Å². The van der Waals surface area contributed by atoms with Gasteiger partial charge in [-0.1, -0.05) is 13.3 Å². The van der Waals surface area contributed by atoms with Crippen molar-refractivity contribution in [3.8, 4) is 0 Å². The Bertz CT molecular complexity index is 262. The minimum Gasteiger partial charge on any atom is -0.480 e. The lowest BCUT2D eigenvalue weighted by atomic mass is 9.95. The number of hydrogen-bond acceptors (Lipinski definition) is 3. The SMILES string of the molecule is CCCC(C)(N)C(=O)N(CC(=O)O)C(C)C. The Morgan fingerprint density at radius 1 is 1.44 bits per heavy atom. The lowest BCUT2D eigenvalue weighted by Gasteiger charge is -2.33. The Hall–Kier alpha value is -1.10. The number of nitrogens with two attached hydrogens (primary N) is 1. The average molecular weight is 230 g/mol. The van der Waals surface area contributed by atoms with Crippen LogP contribution >= 0.6 is 0 Å². The number of carbonyl (C=O) groups is 2. The fraction of sp³-hybridized carbons (Fsp3) is 0.818. The number of hydrogen-bond donors (Lipinski definition) is 2. The van der Waals surface area contributed by atoms with Crippen LogP contribution in [0.15, 0.2) is 0 Å². The normalized spacial score (nSPS) is 14.6. The summed E-state index contributed by atoms with van der Waals surface area (Å²) < 4.78 is 0. The monoisotopic (exact) mass is 230 g/mol. The zero-order valence-electron chi connectivity index (χ0n) is 10.5. The van der Waals surface area contributed by atoms with Gasteiger partial charge in [0.25, 0.3) is 0 Å². The number of amides is 1. The van der Waals surface area contributed by atoms with Crippen molar-refractivity contribution in [2.45, 2.75) is 52.1 Å². The Kier molecular flexibility index (Phi) is 5.44. The lowest BCUT2D eigenvalue weighted by molar-refractivity contribution is -0.148. The third-order valence-electron chi connectivity index (χ3n) is 2.45. The van der Waals surface area contributed by atoms with E-state index in [4.69, 9.17) is 10.8 Å². The van der Waals surface area contributed by atoms with Gasteiger partial charge in [0.05, 0.1) is 5.54 Å². The van der Waals surface area contributed by atoms with Crippen molar-refractivity contribution >= 4 is 11.9 Å². The number of carboxylic acid groups (broad SMARTS) is 1. The lowest BCUT2D eigenvalue weighted by Crippen LogP contribution is -2.56. The smallest absolute Gasteiger partial charge is 0.323 e. The summed E-state index contributed by atoms with van der Waals surface area (Å²) in [6.07, 6.45) is 1.34. The van der Waals surface area contributed by atoms with Crippen LogP contribution in [0.25, 0.3) is 0 Å². The van der Waals surface area contributed by atoms with Crippen LogP contribution in [0.1, 0.15) is 40.5 Å². The van der Waals surface area contributed by atoms with Gasteiger partial charge < -0.3 is 15.7 Å². The average Bonchev–Trinajstić information content (AvgIpc) is 2.12. The summed E-state index contributed by atoms with van der Waals surface area (Å²) in [6, 6.07) is -0.164. The first-order chi connectivity index (χ1) is 7.22. The molecule has 0 spiro atoms. The van der Waals surface area contributed by atoms with E-state index in [0.717, 1.165) is 6.42 Å². The van der Waals surface area contributed by atoms with Crippen LogP contribution in [0.5, 0.6) is 0 Å². The van der Waals surface area contributed by atoms with Crippen molar-refractivity contribution < 1.29 is 14.7 Å². The molecule has 0 saturated heterocycles. The van der Waals surface area contributed by atoms with Crippen molar-refractivity contribution in [3.05, 3.63) is 0 Å². The van der Waals surface area contributed by atoms with E-state index in [-0.39, 0.29) is 18.5 Å². The summed E-state index contributed by atoms with van der Waals surface area (Å²) in [5.41, 5.74) is 4.92. The maximum Gasteiger partial charge on any atom is 0.323 e. The first-order valence-electron chi connectivity index (χ1n) is 5.54. The molecule has 0 aliphatic heterocycles. The molecule has 0 bridgehead atoms.